The van der Waals surface area contributed by atoms with Gasteiger partial charge in [0, 0.05) is 30.0 Å². The lowest BCUT2D eigenvalue weighted by atomic mass is 9.91. The molecule has 0 fully saturated rings. The fourth-order valence-electron chi connectivity index (χ4n) is 4.54. The lowest BCUT2D eigenvalue weighted by molar-refractivity contribution is -0.132. The van der Waals surface area contributed by atoms with Crippen molar-refractivity contribution in [1.82, 2.24) is 0 Å². The number of carbonyl (C=O) groups is 1. The fraction of sp³-hybridized carbons (Fsp3) is 0.310. The molecule has 1 aromatic heterocycles. The Hall–Kier alpha value is -4.24. The highest BCUT2D eigenvalue weighted by molar-refractivity contribution is 6.50. The first-order valence-electron chi connectivity index (χ1n) is 13.3. The predicted octanol–water partition coefficient (Wildman–Crippen LogP) is 9.97. The molecule has 0 radical (unpaired) electrons. The lowest BCUT2D eigenvalue weighted by Crippen LogP contribution is -2.15. The number of nitrogens with one attached hydrogen (secondary N) is 2. The van der Waals surface area contributed by atoms with Crippen LogP contribution in [0.4, 0.5) is 55.0 Å². The molecule has 3 aromatic carbocycles. The number of ether oxygens (including phenoxy) is 1. The number of carbonyl (C=O) groups excluding carboxylic acids is 1. The van der Waals surface area contributed by atoms with Gasteiger partial charge in [-0.1, -0.05) is 18.2 Å². The first kappa shape index (κ1) is 35.2. The maximum Gasteiger partial charge on any atom is 0.673 e. The van der Waals surface area contributed by atoms with Gasteiger partial charge in [-0.2, -0.15) is 26.3 Å². The summed E-state index contributed by atoms with van der Waals surface area (Å²) in [5.74, 6) is -0.568. The van der Waals surface area contributed by atoms with Gasteiger partial charge >= 0.3 is 36.7 Å². The van der Waals surface area contributed by atoms with Crippen molar-refractivity contribution in [2.24, 2.45) is 0 Å². The van der Waals surface area contributed by atoms with Crippen LogP contribution in [-0.4, -0.2) is 45.8 Å². The van der Waals surface area contributed by atoms with Crippen LogP contribution in [0.15, 0.2) is 52.9 Å². The number of esters is 1. The molecule has 1 heterocycles. The molecule has 0 aliphatic rings. The number of methoxy groups -OCH3 is 1. The van der Waals surface area contributed by atoms with Crippen molar-refractivity contribution in [3.63, 3.8) is 0 Å². The van der Waals surface area contributed by atoms with Crippen LogP contribution in [0.2, 0.25) is 0 Å². The van der Waals surface area contributed by atoms with Crippen molar-refractivity contribution >= 4 is 46.5 Å². The SMILES string of the molecule is COC(=O)c1ccccc1-c1c2cc(C)c(NCCC(F)(F)F)cc2[o+]c2cc(NCCC(F)(F)F)c(C)cc12.F[B-](F)(F)F. The van der Waals surface area contributed by atoms with Gasteiger partial charge in [-0.15, -0.1) is 0 Å². The van der Waals surface area contributed by atoms with Gasteiger partial charge in [-0.05, 0) is 48.7 Å². The van der Waals surface area contributed by atoms with Gasteiger partial charge in [0.15, 0.2) is 0 Å². The number of rotatable bonds is 8. The van der Waals surface area contributed by atoms with Crippen LogP contribution in [0.5, 0.6) is 0 Å². The molecule has 0 aliphatic heterocycles. The Labute approximate surface area is 250 Å². The minimum absolute atomic E-state index is 0.286. The zero-order chi connectivity index (χ0) is 33.7. The summed E-state index contributed by atoms with van der Waals surface area (Å²) in [5.41, 5.74) is 4.24. The highest BCUT2D eigenvalue weighted by Crippen LogP contribution is 2.41. The summed E-state index contributed by atoms with van der Waals surface area (Å²) in [5, 5.41) is 6.79. The van der Waals surface area contributed by atoms with Crippen molar-refractivity contribution in [3.05, 3.63) is 65.2 Å². The zero-order valence-electron chi connectivity index (χ0n) is 24.0. The minimum Gasteiger partial charge on any atom is -0.465 e. The number of benzene rings is 3. The summed E-state index contributed by atoms with van der Waals surface area (Å²) in [6, 6.07) is 13.5. The van der Waals surface area contributed by atoms with Crippen LogP contribution in [0.25, 0.3) is 33.1 Å². The number of hydrogen-bond acceptors (Lipinski definition) is 4. The molecule has 0 amide bonds. The number of aryl methyl sites for hydroxylation is 2. The lowest BCUT2D eigenvalue weighted by Gasteiger charge is -2.15. The molecule has 5 nitrogen and oxygen atoms in total. The molecule has 244 valence electrons. The van der Waals surface area contributed by atoms with Gasteiger partial charge in [-0.25, -0.2) is 9.21 Å². The van der Waals surface area contributed by atoms with Crippen LogP contribution in [0, 0.1) is 13.8 Å². The monoisotopic (exact) mass is 652 g/mol. The average molecular weight is 652 g/mol. The Morgan fingerprint density at radius 2 is 1.20 bits per heavy atom. The zero-order valence-corrected chi connectivity index (χ0v) is 24.0. The quantitative estimate of drug-likeness (QED) is 0.0653. The summed E-state index contributed by atoms with van der Waals surface area (Å²) in [6.45, 7) is 2.81. The van der Waals surface area contributed by atoms with Crippen LogP contribution >= 0.6 is 0 Å². The van der Waals surface area contributed by atoms with E-state index in [0.29, 0.717) is 55.6 Å². The third-order valence-electron chi connectivity index (χ3n) is 6.46. The molecule has 0 aliphatic carbocycles. The molecule has 0 spiro atoms. The van der Waals surface area contributed by atoms with Crippen LogP contribution in [0.3, 0.4) is 0 Å². The smallest absolute Gasteiger partial charge is 0.465 e. The second-order valence-corrected chi connectivity index (χ2v) is 9.92. The van der Waals surface area contributed by atoms with Gasteiger partial charge in [0.05, 0.1) is 48.4 Å². The summed E-state index contributed by atoms with van der Waals surface area (Å²) in [6.07, 6.45) is -10.7. The third kappa shape index (κ3) is 10.1. The highest BCUT2D eigenvalue weighted by Gasteiger charge is 2.29. The molecular weight excluding hydrogens is 625 g/mol. The number of halogens is 10. The van der Waals surface area contributed by atoms with Crippen molar-refractivity contribution in [3.8, 4) is 11.1 Å². The maximum absolute atomic E-state index is 12.7. The number of anilines is 2. The highest BCUT2D eigenvalue weighted by atomic mass is 19.5. The normalized spacial score (nSPS) is 12.1. The van der Waals surface area contributed by atoms with E-state index < -0.39 is 38.4 Å². The number of fused-ring (bicyclic) bond motifs is 2. The Balaban J connectivity index is 0.00000102. The van der Waals surface area contributed by atoms with Crippen molar-refractivity contribution in [2.45, 2.75) is 39.0 Å². The first-order valence-corrected chi connectivity index (χ1v) is 13.3. The molecule has 0 saturated carbocycles. The molecule has 0 unspecified atom stereocenters. The van der Waals surface area contributed by atoms with E-state index in [1.54, 1.807) is 62.4 Å². The molecule has 4 rings (SSSR count). The minimum atomic E-state index is -6.00. The molecule has 0 bridgehead atoms. The topological polar surface area (TPSA) is 61.7 Å². The second kappa shape index (κ2) is 13.8. The first-order chi connectivity index (χ1) is 20.8. The van der Waals surface area contributed by atoms with E-state index in [1.165, 1.54) is 7.11 Å². The Morgan fingerprint density at radius 3 is 1.60 bits per heavy atom. The Morgan fingerprint density at radius 1 is 0.778 bits per heavy atom. The molecule has 16 heteroatoms. The van der Waals surface area contributed by atoms with Gasteiger partial charge in [0.1, 0.15) is 0 Å². The molecule has 45 heavy (non-hydrogen) atoms. The van der Waals surface area contributed by atoms with Gasteiger partial charge in [0.25, 0.3) is 0 Å². The maximum atomic E-state index is 12.7. The van der Waals surface area contributed by atoms with Crippen LogP contribution < -0.4 is 10.6 Å². The molecule has 4 aromatic rings. The number of alkyl halides is 6. The summed E-state index contributed by atoms with van der Waals surface area (Å²) < 4.78 is 126. The van der Waals surface area contributed by atoms with Gasteiger partial charge in [0.2, 0.25) is 0 Å². The summed E-state index contributed by atoms with van der Waals surface area (Å²) in [7, 11) is -4.73. The largest absolute Gasteiger partial charge is 0.673 e. The van der Waals surface area contributed by atoms with E-state index in [4.69, 9.17) is 9.15 Å². The van der Waals surface area contributed by atoms with E-state index in [-0.39, 0.29) is 18.7 Å². The standard InChI is InChI=1S/C29H27F6N2O3.BF4/c1-16-12-20-24(14-22(16)36-10-8-28(30,31)32)40-25-15-23(37-11-9-29(33,34)35)17(2)13-21(25)26(20)18-6-4-5-7-19(18)27(38)39-3;2-1(3,4)5/h4-7,12-15,36-37H,8-11H2,1-3H3;/q+1;-1. The molecule has 0 atom stereocenters. The van der Waals surface area contributed by atoms with E-state index >= 15 is 0 Å². The summed E-state index contributed by atoms with van der Waals surface area (Å²) in [4.78, 5) is 12.7. The van der Waals surface area contributed by atoms with Crippen molar-refractivity contribution in [1.29, 1.82) is 0 Å². The molecule has 2 N–H and O–H groups in total. The fourth-order valence-corrected chi connectivity index (χ4v) is 4.54. The van der Waals surface area contributed by atoms with Crippen LogP contribution in [-0.2, 0) is 4.74 Å². The number of hydrogen-bond donors (Lipinski definition) is 2. The molecule has 0 saturated heterocycles. The van der Waals surface area contributed by atoms with Crippen molar-refractivity contribution in [2.75, 3.05) is 30.8 Å². The van der Waals surface area contributed by atoms with E-state index in [1.807, 2.05) is 0 Å². The molecular formula is C29H27BF10N2O3. The Kier molecular flexibility index (Phi) is 10.8. The van der Waals surface area contributed by atoms with Crippen LogP contribution in [0.1, 0.15) is 34.3 Å². The predicted molar refractivity (Wildman–Crippen MR) is 153 cm³/mol. The second-order valence-electron chi connectivity index (χ2n) is 9.92. The average Bonchev–Trinajstić information content (AvgIpc) is 2.90. The Bertz CT molecular complexity index is 1580. The van der Waals surface area contributed by atoms with Crippen molar-refractivity contribution < 1.29 is 57.6 Å². The van der Waals surface area contributed by atoms with E-state index in [0.717, 1.165) is 0 Å². The van der Waals surface area contributed by atoms with Gasteiger partial charge < -0.3 is 32.6 Å². The van der Waals surface area contributed by atoms with E-state index in [2.05, 4.69) is 10.6 Å². The van der Waals surface area contributed by atoms with E-state index in [9.17, 15) is 48.4 Å². The van der Waals surface area contributed by atoms with Gasteiger partial charge in [-0.3, -0.25) is 0 Å². The third-order valence-corrected chi connectivity index (χ3v) is 6.46. The summed E-state index contributed by atoms with van der Waals surface area (Å²) >= 11 is 0.